The van der Waals surface area contributed by atoms with Crippen LogP contribution in [0.25, 0.3) is 16.5 Å². The van der Waals surface area contributed by atoms with Crippen molar-refractivity contribution in [3.05, 3.63) is 42.1 Å². The van der Waals surface area contributed by atoms with E-state index in [1.165, 1.54) is 22.0 Å². The number of aromatic amines is 1. The summed E-state index contributed by atoms with van der Waals surface area (Å²) in [5.41, 5.74) is 3.48. The van der Waals surface area contributed by atoms with Crippen molar-refractivity contribution in [2.24, 2.45) is 5.41 Å². The molecular weight excluding hydrogens is 260 g/mol. The number of benzene rings is 1. The number of H-pyrrole nitrogens is 1. The summed E-state index contributed by atoms with van der Waals surface area (Å²) in [5.74, 6) is 0.233. The van der Waals surface area contributed by atoms with Crippen LogP contribution in [0.5, 0.6) is 0 Å². The Morgan fingerprint density at radius 3 is 2.67 bits per heavy atom. The summed E-state index contributed by atoms with van der Waals surface area (Å²) in [4.78, 5) is 17.6. The Labute approximate surface area is 125 Å². The molecule has 0 unspecified atom stereocenters. The molecule has 3 nitrogen and oxygen atoms in total. The molecule has 1 amide bonds. The maximum absolute atomic E-state index is 12.3. The van der Waals surface area contributed by atoms with Crippen LogP contribution in [0.2, 0.25) is 0 Å². The van der Waals surface area contributed by atoms with Crippen LogP contribution in [0.3, 0.4) is 0 Å². The van der Waals surface area contributed by atoms with Gasteiger partial charge in [-0.2, -0.15) is 0 Å². The Balaban J connectivity index is 1.84. The zero-order valence-electron chi connectivity index (χ0n) is 12.9. The van der Waals surface area contributed by atoms with Gasteiger partial charge in [-0.3, -0.25) is 4.79 Å². The van der Waals surface area contributed by atoms with Gasteiger partial charge in [0, 0.05) is 41.2 Å². The average molecular weight is 282 g/mol. The summed E-state index contributed by atoms with van der Waals surface area (Å²) >= 11 is 0. The number of hydrogen-bond acceptors (Lipinski definition) is 1. The largest absolute Gasteiger partial charge is 0.361 e. The van der Waals surface area contributed by atoms with E-state index < -0.39 is 0 Å². The van der Waals surface area contributed by atoms with Crippen molar-refractivity contribution in [2.45, 2.75) is 27.2 Å². The third kappa shape index (κ3) is 2.60. The van der Waals surface area contributed by atoms with E-state index in [1.54, 1.807) is 0 Å². The standard InChI is InChI=1S/C18H22N2O/c1-18(2,3)17(21)20-10-8-13(9-11-20)15-12-19-16-7-5-4-6-14(15)16/h4-8,12,19H,9-11H2,1-3H3. The van der Waals surface area contributed by atoms with Gasteiger partial charge in [0.15, 0.2) is 0 Å². The maximum atomic E-state index is 12.3. The predicted octanol–water partition coefficient (Wildman–Crippen LogP) is 3.83. The summed E-state index contributed by atoms with van der Waals surface area (Å²) in [7, 11) is 0. The smallest absolute Gasteiger partial charge is 0.228 e. The lowest BCUT2D eigenvalue weighted by Crippen LogP contribution is -2.41. The number of amides is 1. The van der Waals surface area contributed by atoms with Gasteiger partial charge in [0.25, 0.3) is 0 Å². The minimum absolute atomic E-state index is 0.233. The highest BCUT2D eigenvalue weighted by Crippen LogP contribution is 2.30. The second kappa shape index (κ2) is 5.06. The van der Waals surface area contributed by atoms with Crippen LogP contribution in [0.4, 0.5) is 0 Å². The van der Waals surface area contributed by atoms with E-state index in [4.69, 9.17) is 0 Å². The number of rotatable bonds is 1. The summed E-state index contributed by atoms with van der Waals surface area (Å²) in [5, 5.41) is 1.26. The maximum Gasteiger partial charge on any atom is 0.228 e. The highest BCUT2D eigenvalue weighted by molar-refractivity contribution is 5.93. The SMILES string of the molecule is CC(C)(C)C(=O)N1CC=C(c2c[nH]c3ccccc23)CC1. The number of carbonyl (C=O) groups is 1. The first-order valence-electron chi connectivity index (χ1n) is 7.52. The monoisotopic (exact) mass is 282 g/mol. The molecule has 1 aliphatic heterocycles. The molecule has 1 aliphatic rings. The molecule has 1 aromatic carbocycles. The molecule has 0 radical (unpaired) electrons. The van der Waals surface area contributed by atoms with Crippen molar-refractivity contribution in [3.63, 3.8) is 0 Å². The third-order valence-electron chi connectivity index (χ3n) is 4.07. The van der Waals surface area contributed by atoms with Gasteiger partial charge < -0.3 is 9.88 Å². The molecule has 0 bridgehead atoms. The van der Waals surface area contributed by atoms with E-state index in [0.717, 1.165) is 13.0 Å². The van der Waals surface area contributed by atoms with Crippen molar-refractivity contribution < 1.29 is 4.79 Å². The number of carbonyl (C=O) groups excluding carboxylic acids is 1. The normalized spacial score (nSPS) is 16.1. The zero-order chi connectivity index (χ0) is 15.0. The second-order valence-corrected chi connectivity index (χ2v) is 6.73. The van der Waals surface area contributed by atoms with Crippen molar-refractivity contribution in [1.29, 1.82) is 0 Å². The van der Waals surface area contributed by atoms with Gasteiger partial charge in [-0.15, -0.1) is 0 Å². The van der Waals surface area contributed by atoms with Crippen molar-refractivity contribution >= 4 is 22.4 Å². The quantitative estimate of drug-likeness (QED) is 0.848. The number of hydrogen-bond donors (Lipinski definition) is 1. The van der Waals surface area contributed by atoms with E-state index >= 15 is 0 Å². The molecule has 2 aromatic rings. The number of aromatic nitrogens is 1. The molecule has 0 fully saturated rings. The molecular formula is C18H22N2O. The number of para-hydroxylation sites is 1. The van der Waals surface area contributed by atoms with E-state index in [0.29, 0.717) is 6.54 Å². The number of nitrogens with zero attached hydrogens (tertiary/aromatic N) is 1. The molecule has 0 atom stereocenters. The molecule has 21 heavy (non-hydrogen) atoms. The van der Waals surface area contributed by atoms with Crippen LogP contribution in [-0.4, -0.2) is 28.9 Å². The van der Waals surface area contributed by atoms with Crippen LogP contribution >= 0.6 is 0 Å². The van der Waals surface area contributed by atoms with Crippen LogP contribution in [0, 0.1) is 5.41 Å². The molecule has 110 valence electrons. The fraction of sp³-hybridized carbons (Fsp3) is 0.389. The summed E-state index contributed by atoms with van der Waals surface area (Å²) in [6.45, 7) is 7.46. The Morgan fingerprint density at radius 1 is 1.24 bits per heavy atom. The van der Waals surface area contributed by atoms with Crippen molar-refractivity contribution in [2.75, 3.05) is 13.1 Å². The molecule has 3 heteroatoms. The Morgan fingerprint density at radius 2 is 2.00 bits per heavy atom. The Hall–Kier alpha value is -2.03. The van der Waals surface area contributed by atoms with Crippen LogP contribution in [-0.2, 0) is 4.79 Å². The highest BCUT2D eigenvalue weighted by Gasteiger charge is 2.28. The average Bonchev–Trinajstić information content (AvgIpc) is 2.90. The first-order chi connectivity index (χ1) is 9.97. The van der Waals surface area contributed by atoms with Gasteiger partial charge in [0.2, 0.25) is 5.91 Å². The second-order valence-electron chi connectivity index (χ2n) is 6.73. The fourth-order valence-electron chi connectivity index (χ4n) is 2.91. The minimum Gasteiger partial charge on any atom is -0.361 e. The lowest BCUT2D eigenvalue weighted by Gasteiger charge is -2.31. The van der Waals surface area contributed by atoms with Crippen LogP contribution in [0.1, 0.15) is 32.8 Å². The lowest BCUT2D eigenvalue weighted by atomic mass is 9.92. The number of fused-ring (bicyclic) bond motifs is 1. The van der Waals surface area contributed by atoms with E-state index in [2.05, 4.69) is 35.5 Å². The van der Waals surface area contributed by atoms with Crippen LogP contribution < -0.4 is 0 Å². The Kier molecular flexibility index (Phi) is 3.36. The minimum atomic E-state index is -0.299. The molecule has 0 saturated heterocycles. The molecule has 2 heterocycles. The molecule has 0 aliphatic carbocycles. The van der Waals surface area contributed by atoms with Crippen LogP contribution in [0.15, 0.2) is 36.5 Å². The third-order valence-corrected chi connectivity index (χ3v) is 4.07. The van der Waals surface area contributed by atoms with Crippen molar-refractivity contribution in [1.82, 2.24) is 9.88 Å². The van der Waals surface area contributed by atoms with Gasteiger partial charge in [0.05, 0.1) is 0 Å². The van der Waals surface area contributed by atoms with E-state index in [1.807, 2.05) is 31.7 Å². The highest BCUT2D eigenvalue weighted by atomic mass is 16.2. The first-order valence-corrected chi connectivity index (χ1v) is 7.52. The molecule has 3 rings (SSSR count). The molecule has 1 N–H and O–H groups in total. The van der Waals surface area contributed by atoms with Gasteiger partial charge in [-0.1, -0.05) is 45.0 Å². The summed E-state index contributed by atoms with van der Waals surface area (Å²) in [6.07, 6.45) is 5.20. The van der Waals surface area contributed by atoms with E-state index in [-0.39, 0.29) is 11.3 Å². The topological polar surface area (TPSA) is 36.1 Å². The van der Waals surface area contributed by atoms with Gasteiger partial charge in [0.1, 0.15) is 0 Å². The van der Waals surface area contributed by atoms with Gasteiger partial charge >= 0.3 is 0 Å². The fourth-order valence-corrected chi connectivity index (χ4v) is 2.91. The van der Waals surface area contributed by atoms with Gasteiger partial charge in [-0.05, 0) is 18.1 Å². The lowest BCUT2D eigenvalue weighted by molar-refractivity contribution is -0.138. The number of nitrogens with one attached hydrogen (secondary N) is 1. The predicted molar refractivity (Wildman–Crippen MR) is 86.9 cm³/mol. The summed E-state index contributed by atoms with van der Waals surface area (Å²) in [6, 6.07) is 8.35. The summed E-state index contributed by atoms with van der Waals surface area (Å²) < 4.78 is 0. The molecule has 0 saturated carbocycles. The Bertz CT molecular complexity index is 703. The first kappa shape index (κ1) is 13.9. The van der Waals surface area contributed by atoms with E-state index in [9.17, 15) is 4.79 Å². The molecule has 1 aromatic heterocycles. The zero-order valence-corrected chi connectivity index (χ0v) is 12.9. The molecule has 0 spiro atoms. The van der Waals surface area contributed by atoms with Crippen molar-refractivity contribution in [3.8, 4) is 0 Å². The van der Waals surface area contributed by atoms with Gasteiger partial charge in [-0.25, -0.2) is 0 Å².